The van der Waals surface area contributed by atoms with Crippen LogP contribution >= 0.6 is 15.9 Å². The van der Waals surface area contributed by atoms with Gasteiger partial charge in [0.2, 0.25) is 0 Å². The molecule has 4 aromatic heterocycles. The first-order valence-electron chi connectivity index (χ1n) is 17.5. The third-order valence-electron chi connectivity index (χ3n) is 10.4. The van der Waals surface area contributed by atoms with Crippen LogP contribution in [0.5, 0.6) is 0 Å². The lowest BCUT2D eigenvalue weighted by molar-refractivity contribution is 0.00578. The molecule has 12 heteroatoms. The van der Waals surface area contributed by atoms with Gasteiger partial charge in [-0.2, -0.15) is 10.2 Å². The van der Waals surface area contributed by atoms with E-state index >= 15 is 0 Å². The van der Waals surface area contributed by atoms with Gasteiger partial charge < -0.3 is 13.7 Å². The lowest BCUT2D eigenvalue weighted by atomic mass is 9.79. The number of rotatable bonds is 7. The van der Waals surface area contributed by atoms with Crippen molar-refractivity contribution in [1.82, 2.24) is 29.5 Å². The van der Waals surface area contributed by atoms with Crippen molar-refractivity contribution >= 4 is 58.6 Å². The number of aryl methyl sites for hydroxylation is 1. The molecule has 2 aromatic carbocycles. The van der Waals surface area contributed by atoms with E-state index in [9.17, 15) is 0 Å². The summed E-state index contributed by atoms with van der Waals surface area (Å²) in [6.07, 6.45) is 4.62. The molecule has 0 unspecified atom stereocenters. The minimum Gasteiger partial charge on any atom is -0.411 e. The molecule has 0 atom stereocenters. The van der Waals surface area contributed by atoms with Gasteiger partial charge in [0.15, 0.2) is 20.0 Å². The predicted molar refractivity (Wildman–Crippen MR) is 213 cm³/mol. The minimum absolute atomic E-state index is 0.190. The highest BCUT2D eigenvalue weighted by Crippen LogP contribution is 2.38. The summed E-state index contributed by atoms with van der Waals surface area (Å²) in [4.78, 5) is 9.46. The Kier molecular flexibility index (Phi) is 10.2. The van der Waals surface area contributed by atoms with Crippen LogP contribution in [0.25, 0.3) is 33.4 Å². The molecule has 0 bridgehead atoms. The second-order valence-electron chi connectivity index (χ2n) is 15.6. The molecule has 7 rings (SSSR count). The van der Waals surface area contributed by atoms with Crippen molar-refractivity contribution in [3.05, 3.63) is 101 Å². The molecule has 1 aliphatic heterocycles. The summed E-state index contributed by atoms with van der Waals surface area (Å²) in [7, 11) is -2.18. The van der Waals surface area contributed by atoms with Crippen molar-refractivity contribution in [2.24, 2.45) is 0 Å². The second-order valence-corrected chi connectivity index (χ2v) is 21.3. The first-order valence-corrected chi connectivity index (χ1v) is 21.2. The van der Waals surface area contributed by atoms with E-state index in [1.165, 1.54) is 0 Å². The van der Waals surface area contributed by atoms with E-state index in [-0.39, 0.29) is 23.4 Å². The number of benzene rings is 2. The number of fused-ring (bicyclic) bond motifs is 2. The van der Waals surface area contributed by atoms with Gasteiger partial charge in [0.1, 0.15) is 0 Å². The van der Waals surface area contributed by atoms with Crippen LogP contribution in [-0.2, 0) is 26.8 Å². The molecule has 1 saturated heterocycles. The van der Waals surface area contributed by atoms with Crippen molar-refractivity contribution in [1.29, 1.82) is 0 Å². The van der Waals surface area contributed by atoms with E-state index in [1.807, 2.05) is 76.4 Å². The van der Waals surface area contributed by atoms with E-state index in [0.717, 1.165) is 61.2 Å². The smallest absolute Gasteiger partial charge is 0.411 e. The fraction of sp³-hybridized carbons (Fsp3) is 0.385. The van der Waals surface area contributed by atoms with Gasteiger partial charge in [0.05, 0.1) is 46.9 Å². The first kappa shape index (κ1) is 37.1. The van der Waals surface area contributed by atoms with E-state index in [4.69, 9.17) is 23.7 Å². The highest BCUT2D eigenvalue weighted by Gasteiger charge is 2.51. The fourth-order valence-corrected chi connectivity index (χ4v) is 6.73. The molecule has 0 spiro atoms. The Hall–Kier alpha value is -3.68. The quantitative estimate of drug-likeness (QED) is 0.150. The van der Waals surface area contributed by atoms with Gasteiger partial charge in [-0.1, -0.05) is 74.0 Å². The van der Waals surface area contributed by atoms with Gasteiger partial charge in [-0.15, -0.1) is 0 Å². The van der Waals surface area contributed by atoms with Crippen molar-refractivity contribution in [2.75, 3.05) is 0 Å². The summed E-state index contributed by atoms with van der Waals surface area (Å²) >= 11 is 3.53. The average Bonchev–Trinajstić information content (AvgIpc) is 3.76. The van der Waals surface area contributed by atoms with E-state index < -0.39 is 8.32 Å². The Bertz CT molecular complexity index is 2160. The summed E-state index contributed by atoms with van der Waals surface area (Å²) in [5.41, 5.74) is 4.29. The Balaban J connectivity index is 0.000000176. The topological polar surface area (TPSA) is 89.1 Å². The fourth-order valence-electron chi connectivity index (χ4n) is 5.44. The summed E-state index contributed by atoms with van der Waals surface area (Å²) in [6, 6.07) is 24.4. The molecule has 5 heterocycles. The lowest BCUT2D eigenvalue weighted by Crippen LogP contribution is -2.41. The summed E-state index contributed by atoms with van der Waals surface area (Å²) < 4.78 is 23.5. The number of halogens is 1. The maximum atomic E-state index is 6.30. The van der Waals surface area contributed by atoms with Crippen molar-refractivity contribution < 1.29 is 13.7 Å². The maximum Gasteiger partial charge on any atom is 0.494 e. The Morgan fingerprint density at radius 3 is 1.86 bits per heavy atom. The number of pyridine rings is 2. The summed E-state index contributed by atoms with van der Waals surface area (Å²) in [6.45, 7) is 22.2. The van der Waals surface area contributed by atoms with Crippen LogP contribution in [0.2, 0.25) is 18.1 Å². The van der Waals surface area contributed by atoms with Crippen LogP contribution in [0.4, 0.5) is 0 Å². The molecule has 266 valence electrons. The van der Waals surface area contributed by atoms with Crippen molar-refractivity contribution in [2.45, 2.75) is 97.8 Å². The molecule has 1 aliphatic rings. The highest BCUT2D eigenvalue weighted by atomic mass is 79.9. The third-order valence-corrected chi connectivity index (χ3v) is 15.4. The van der Waals surface area contributed by atoms with E-state index in [2.05, 4.69) is 113 Å². The van der Waals surface area contributed by atoms with Gasteiger partial charge >= 0.3 is 7.12 Å². The summed E-state index contributed by atoms with van der Waals surface area (Å²) in [5.74, 6) is 1.63. The van der Waals surface area contributed by atoms with Gasteiger partial charge in [-0.25, -0.2) is 19.3 Å². The molecule has 0 radical (unpaired) electrons. The molecule has 6 aromatic rings. The van der Waals surface area contributed by atoms with E-state index in [0.29, 0.717) is 6.61 Å². The van der Waals surface area contributed by atoms with Crippen LogP contribution in [0, 0.1) is 0 Å². The molecule has 0 N–H and O–H groups in total. The van der Waals surface area contributed by atoms with Crippen LogP contribution in [0.3, 0.4) is 0 Å². The van der Waals surface area contributed by atoms with Crippen LogP contribution < -0.4 is 5.46 Å². The second kappa shape index (κ2) is 14.0. The van der Waals surface area contributed by atoms with Crippen LogP contribution in [0.1, 0.15) is 66.8 Å². The number of aromatic nitrogens is 6. The SMILES string of the molecule is CC(C)(C)[Si](C)(C)OCc1cccc(-n2ncc3ccc(Br)cc32)n1.CCc1cccc(-n2ncc3ccc(B4OC(C)(C)C(C)(C)O4)cc32)n1. The Labute approximate surface area is 311 Å². The predicted octanol–water partition coefficient (Wildman–Crippen LogP) is 8.99. The van der Waals surface area contributed by atoms with Crippen molar-refractivity contribution in [3.63, 3.8) is 0 Å². The van der Waals surface area contributed by atoms with E-state index in [1.54, 1.807) is 0 Å². The third kappa shape index (κ3) is 7.76. The first-order chi connectivity index (χ1) is 24.0. The Morgan fingerprint density at radius 2 is 1.29 bits per heavy atom. The molecular formula is C39H48BBrN6O3Si. The molecule has 0 aliphatic carbocycles. The molecule has 0 saturated carbocycles. The zero-order valence-electron chi connectivity index (χ0n) is 31.4. The molecule has 9 nitrogen and oxygen atoms in total. The molecule has 51 heavy (non-hydrogen) atoms. The maximum absolute atomic E-state index is 6.30. The monoisotopic (exact) mass is 766 g/mol. The van der Waals surface area contributed by atoms with Crippen LogP contribution in [0.15, 0.2) is 89.7 Å². The molecule has 1 fully saturated rings. The van der Waals surface area contributed by atoms with Gasteiger partial charge in [0.25, 0.3) is 0 Å². The van der Waals surface area contributed by atoms with Gasteiger partial charge in [0, 0.05) is 20.9 Å². The normalized spacial score (nSPS) is 15.7. The van der Waals surface area contributed by atoms with Gasteiger partial charge in [-0.05, 0) is 100 Å². The minimum atomic E-state index is -1.79. The standard InChI is InChI=1S/C20H24BN3O2.C19H24BrN3OSi/c1-6-16-8-7-9-18(23-16)24-17-12-15(11-10-14(17)13-22-24)21-25-19(2,3)20(4,5)26-21;1-19(2,3)25(4,5)24-13-16-7-6-8-18(22-16)23-17-11-15(20)10-9-14(17)12-21-23/h7-13H,6H2,1-5H3;6-12H,13H2,1-5H3. The highest BCUT2D eigenvalue weighted by molar-refractivity contribution is 9.10. The average molecular weight is 768 g/mol. The molecule has 0 amide bonds. The zero-order valence-corrected chi connectivity index (χ0v) is 33.9. The van der Waals surface area contributed by atoms with Crippen molar-refractivity contribution in [3.8, 4) is 11.6 Å². The lowest BCUT2D eigenvalue weighted by Gasteiger charge is -2.36. The number of nitrogens with zero attached hydrogens (tertiary/aromatic N) is 6. The van der Waals surface area contributed by atoms with Crippen LogP contribution in [-0.4, -0.2) is 56.2 Å². The number of hydrogen-bond donors (Lipinski definition) is 0. The molecular weight excluding hydrogens is 719 g/mol. The van der Waals surface area contributed by atoms with Gasteiger partial charge in [-0.3, -0.25) is 0 Å². The Morgan fingerprint density at radius 1 is 0.765 bits per heavy atom. The largest absolute Gasteiger partial charge is 0.494 e. The summed E-state index contributed by atoms with van der Waals surface area (Å²) in [5, 5.41) is 11.4. The zero-order chi connectivity index (χ0) is 36.8. The number of hydrogen-bond acceptors (Lipinski definition) is 7.